The maximum atomic E-state index is 2.88. The predicted molar refractivity (Wildman–Crippen MR) is 615 cm³/mol. The second-order valence-corrected chi connectivity index (χ2v) is 51.2. The van der Waals surface area contributed by atoms with Gasteiger partial charge in [-0.2, -0.15) is 0 Å². The van der Waals surface area contributed by atoms with Crippen molar-refractivity contribution in [2.45, 2.75) is 286 Å². The number of fused-ring (bicyclic) bond motifs is 13. The minimum atomic E-state index is -0.0828. The zero-order valence-corrected chi connectivity index (χ0v) is 90.2. The Balaban J connectivity index is 0.000000167. The highest BCUT2D eigenvalue weighted by molar-refractivity contribution is 7.33. The van der Waals surface area contributed by atoms with E-state index in [-0.39, 0.29) is 61.1 Å². The number of nitrogens with zero attached hydrogens (tertiary/aromatic N) is 6. The van der Waals surface area contributed by atoms with E-state index in [1.807, 2.05) is 22.7 Å². The first-order valence-electron chi connectivity index (χ1n) is 52.0. The molecule has 6 heterocycles. The first kappa shape index (κ1) is 95.1. The van der Waals surface area contributed by atoms with Gasteiger partial charge in [-0.25, -0.2) is 0 Å². The lowest BCUT2D eigenvalue weighted by molar-refractivity contribution is 0.195. The van der Waals surface area contributed by atoms with Gasteiger partial charge >= 0.3 is 0 Å². The lowest BCUT2D eigenvalue weighted by Gasteiger charge is -2.52. The minimum absolute atomic E-state index is 0.000824. The summed E-state index contributed by atoms with van der Waals surface area (Å²) in [6.07, 6.45) is 9.70. The Bertz CT molecular complexity index is 7430. The van der Waals surface area contributed by atoms with E-state index in [1.165, 1.54) is 232 Å². The normalized spacial score (nSPS) is 18.7. The lowest BCUT2D eigenvalue weighted by atomic mass is 9.36. The molecule has 2 aliphatic carbocycles. The van der Waals surface area contributed by atoms with Gasteiger partial charge in [-0.1, -0.05) is 310 Å². The molecule has 0 N–H and O–H groups in total. The molecule has 4 unspecified atom stereocenters. The molecule has 0 amide bonds. The summed E-state index contributed by atoms with van der Waals surface area (Å²) in [6.45, 7) is 61.1. The molecule has 0 saturated heterocycles. The molecule has 2 aromatic heterocycles. The van der Waals surface area contributed by atoms with Crippen molar-refractivity contribution < 1.29 is 0 Å². The quantitative estimate of drug-likeness (QED) is 0.106. The summed E-state index contributed by atoms with van der Waals surface area (Å²) < 4.78 is 3.99. The monoisotopic (exact) mass is 1890 g/mol. The Kier molecular flexibility index (Phi) is 23.1. The third kappa shape index (κ3) is 16.2. The van der Waals surface area contributed by atoms with Crippen molar-refractivity contribution in [1.82, 2.24) is 0 Å². The molecule has 16 aromatic rings. The van der Waals surface area contributed by atoms with Crippen molar-refractivity contribution in [2.75, 3.05) is 29.4 Å². The summed E-state index contributed by atoms with van der Waals surface area (Å²) in [7, 11) is 0. The van der Waals surface area contributed by atoms with Gasteiger partial charge in [0.15, 0.2) is 0 Å². The third-order valence-electron chi connectivity index (χ3n) is 33.5. The SMILES string of the molecule is Cc1cc(N(c2ccc(C(C)(C)C)cc2C)c2csc3cc(N(c4ccc(C(C)(C)C)cc4)c4ccc(C(C)(C)C)cc4)ccc23)cc(N2c3ccc(-c4ccccc4)cc3C3(C)CCCCC23C)c1.Cc1cc2c3c(c1)N1c4c(cc(-c5ccccc5)cc4C4(C)CCCCC14C)B3c1sc3cc(N(c4ccc(C(C)(C)C)cc4)c4ccc(C(C)(C)C)cc4)ccc3c1N2c1ccc(C(C)(C)C)cc1C. The van der Waals surface area contributed by atoms with Crippen LogP contribution in [0.4, 0.5) is 91.0 Å². The maximum Gasteiger partial charge on any atom is 0.264 e. The highest BCUT2D eigenvalue weighted by Gasteiger charge is 2.63. The van der Waals surface area contributed by atoms with Crippen molar-refractivity contribution >= 4 is 156 Å². The van der Waals surface area contributed by atoms with Crippen molar-refractivity contribution in [1.29, 1.82) is 0 Å². The Morgan fingerprint density at radius 3 is 1.25 bits per heavy atom. The fraction of sp³-hybridized carbons (Fsp3) is 0.333. The van der Waals surface area contributed by atoms with Crippen LogP contribution in [0, 0.1) is 27.7 Å². The largest absolute Gasteiger partial charge is 0.335 e. The molecule has 2 saturated carbocycles. The average Bonchev–Trinajstić information content (AvgIpc) is 1.51. The van der Waals surface area contributed by atoms with Gasteiger partial charge in [0.25, 0.3) is 6.71 Å². The fourth-order valence-electron chi connectivity index (χ4n) is 24.9. The Morgan fingerprint density at radius 1 is 0.305 bits per heavy atom. The molecule has 22 rings (SSSR count). The summed E-state index contributed by atoms with van der Waals surface area (Å²) in [5, 5.41) is 4.94. The van der Waals surface area contributed by atoms with E-state index < -0.39 is 0 Å². The van der Waals surface area contributed by atoms with E-state index in [1.54, 1.807) is 0 Å². The highest BCUT2D eigenvalue weighted by Crippen LogP contribution is 2.66. The summed E-state index contributed by atoms with van der Waals surface area (Å²) in [6, 6.07) is 113. The second-order valence-electron chi connectivity index (χ2n) is 49.2. The molecule has 9 heteroatoms. The van der Waals surface area contributed by atoms with Crippen LogP contribution in [0.1, 0.15) is 270 Å². The van der Waals surface area contributed by atoms with E-state index >= 15 is 0 Å². The summed E-state index contributed by atoms with van der Waals surface area (Å²) in [5.41, 5.74) is 44.4. The third-order valence-corrected chi connectivity index (χ3v) is 35.6. The van der Waals surface area contributed by atoms with E-state index in [0.29, 0.717) is 0 Å². The number of anilines is 16. The molecular formula is C132H143BN6S2. The highest BCUT2D eigenvalue weighted by atomic mass is 32.1. The van der Waals surface area contributed by atoms with Gasteiger partial charge in [-0.05, 0) is 345 Å². The molecule has 0 radical (unpaired) electrons. The van der Waals surface area contributed by atoms with Crippen LogP contribution in [0.2, 0.25) is 0 Å². The predicted octanol–water partition coefficient (Wildman–Crippen LogP) is 36.7. The van der Waals surface area contributed by atoms with Crippen LogP contribution in [-0.4, -0.2) is 17.8 Å². The van der Waals surface area contributed by atoms with Crippen LogP contribution in [-0.2, 0) is 43.3 Å². The van der Waals surface area contributed by atoms with Crippen LogP contribution >= 0.6 is 22.7 Å². The number of rotatable bonds is 13. The second kappa shape index (κ2) is 34.3. The molecule has 6 aliphatic rings. The number of benzene rings is 14. The molecule has 716 valence electrons. The van der Waals surface area contributed by atoms with Gasteiger partial charge in [-0.15, -0.1) is 22.7 Å². The van der Waals surface area contributed by atoms with Gasteiger partial charge in [0.1, 0.15) is 0 Å². The smallest absolute Gasteiger partial charge is 0.264 e. The van der Waals surface area contributed by atoms with Gasteiger partial charge in [0.05, 0.1) is 22.5 Å². The summed E-state index contributed by atoms with van der Waals surface area (Å²) in [4.78, 5) is 15.8. The van der Waals surface area contributed by atoms with Crippen LogP contribution < -0.4 is 45.1 Å². The Labute approximate surface area is 850 Å². The zero-order chi connectivity index (χ0) is 99.3. The molecule has 2 fully saturated rings. The van der Waals surface area contributed by atoms with Crippen LogP contribution in [0.15, 0.2) is 297 Å². The summed E-state index contributed by atoms with van der Waals surface area (Å²) >= 11 is 3.85. The topological polar surface area (TPSA) is 19.4 Å². The fourth-order valence-corrected chi connectivity index (χ4v) is 27.2. The van der Waals surface area contributed by atoms with Gasteiger partial charge in [0, 0.05) is 121 Å². The van der Waals surface area contributed by atoms with Gasteiger partial charge < -0.3 is 29.4 Å². The van der Waals surface area contributed by atoms with Crippen LogP contribution in [0.3, 0.4) is 0 Å². The zero-order valence-electron chi connectivity index (χ0n) is 88.5. The van der Waals surface area contributed by atoms with Crippen molar-refractivity contribution in [3.05, 3.63) is 363 Å². The van der Waals surface area contributed by atoms with Gasteiger partial charge in [0.2, 0.25) is 0 Å². The first-order valence-corrected chi connectivity index (χ1v) is 53.7. The molecule has 0 bridgehead atoms. The minimum Gasteiger partial charge on any atom is -0.335 e. The van der Waals surface area contributed by atoms with Crippen LogP contribution in [0.25, 0.3) is 42.4 Å². The molecule has 4 aliphatic heterocycles. The standard InChI is InChI=1S/C66H70BN3S.C66H73N3S/c1-41-35-55-58-56(36-41)70-60-52(65(12)33-17-18-34-66(65,70)13)38-44(43-19-15-14-16-20-43)39-53(60)67(58)61-59(69(55)54-32-25-47(37-42(54)2)64(9,10)11)51-31-30-50(40-57(51)71-61)68(48-26-21-45(22-27-48)62(3,4)5)49-28-23-46(24-29-49)63(6,7)8;1-44-37-54(41-55(38-44)69-59-33-21-47(46-19-15-14-16-20-46)40-57(59)65(12)35-17-18-36-66(65,69)13)68(58-34-26-50(39-45(58)2)64(9,10)11)60-43-70-61-42-53(31-32-56(60)61)67(51-27-22-48(23-28-51)62(3,4)5)52-29-24-49(25-30-52)63(6,7)8/h14-16,19-32,35-40H,17-18,33-34H2,1-13H3;14-16,19-34,37-43H,17-18,35-36H2,1-13H3. The van der Waals surface area contributed by atoms with E-state index in [4.69, 9.17) is 0 Å². The molecule has 141 heavy (non-hydrogen) atoms. The van der Waals surface area contributed by atoms with E-state index in [2.05, 4.69) is 506 Å². The molecule has 14 aromatic carbocycles. The number of aryl methyl sites for hydroxylation is 4. The first-order chi connectivity index (χ1) is 66.8. The number of hydrogen-bond donors (Lipinski definition) is 0. The average molecular weight is 1890 g/mol. The lowest BCUT2D eigenvalue weighted by Crippen LogP contribution is -2.64. The Morgan fingerprint density at radius 2 is 0.738 bits per heavy atom. The number of thiophene rings is 2. The van der Waals surface area contributed by atoms with Gasteiger partial charge in [-0.3, -0.25) is 0 Å². The van der Waals surface area contributed by atoms with Crippen LogP contribution in [0.5, 0.6) is 0 Å². The van der Waals surface area contributed by atoms with E-state index in [0.717, 1.165) is 34.9 Å². The molecule has 6 nitrogen and oxygen atoms in total. The van der Waals surface area contributed by atoms with Crippen molar-refractivity contribution in [3.8, 4) is 22.3 Å². The summed E-state index contributed by atoms with van der Waals surface area (Å²) in [5.74, 6) is 0. The van der Waals surface area contributed by atoms with Crippen molar-refractivity contribution in [2.24, 2.45) is 0 Å². The molecular weight excluding hydrogens is 1740 g/mol. The maximum absolute atomic E-state index is 2.88. The molecule has 0 spiro atoms. The Hall–Kier alpha value is -12.1. The van der Waals surface area contributed by atoms with Crippen molar-refractivity contribution in [3.63, 3.8) is 0 Å². The molecule has 4 atom stereocenters. The number of hydrogen-bond acceptors (Lipinski definition) is 8. The van der Waals surface area contributed by atoms with E-state index in [9.17, 15) is 0 Å².